The molecule has 0 aromatic heterocycles. The standard InChI is InChI=1S/C15H20F3NO/c1-2-20-14-6-4-3-5-13(14)19-12-9-7-11(8-10-12)15(16,17)18/h3-6,11-12,19H,2,7-10H2,1H3. The summed E-state index contributed by atoms with van der Waals surface area (Å²) in [7, 11) is 0. The molecule has 1 aliphatic carbocycles. The molecule has 1 aromatic carbocycles. The van der Waals surface area contributed by atoms with E-state index < -0.39 is 12.1 Å². The average molecular weight is 287 g/mol. The number of nitrogens with one attached hydrogen (secondary N) is 1. The van der Waals surface area contributed by atoms with E-state index >= 15 is 0 Å². The van der Waals surface area contributed by atoms with E-state index in [-0.39, 0.29) is 18.9 Å². The van der Waals surface area contributed by atoms with Crippen LogP contribution >= 0.6 is 0 Å². The van der Waals surface area contributed by atoms with E-state index in [1.165, 1.54) is 0 Å². The summed E-state index contributed by atoms with van der Waals surface area (Å²) in [6.07, 6.45) is -2.54. The molecule has 2 rings (SSSR count). The van der Waals surface area contributed by atoms with Gasteiger partial charge in [0.1, 0.15) is 5.75 Å². The quantitative estimate of drug-likeness (QED) is 0.872. The minimum Gasteiger partial charge on any atom is -0.492 e. The highest BCUT2D eigenvalue weighted by atomic mass is 19.4. The molecule has 1 fully saturated rings. The molecule has 1 N–H and O–H groups in total. The van der Waals surface area contributed by atoms with E-state index in [0.29, 0.717) is 19.4 Å². The van der Waals surface area contributed by atoms with Crippen molar-refractivity contribution >= 4 is 5.69 Å². The highest BCUT2D eigenvalue weighted by Gasteiger charge is 2.41. The molecule has 0 amide bonds. The van der Waals surface area contributed by atoms with Crippen LogP contribution in [-0.4, -0.2) is 18.8 Å². The van der Waals surface area contributed by atoms with Crippen molar-refractivity contribution in [2.45, 2.75) is 44.8 Å². The molecule has 0 aliphatic heterocycles. The van der Waals surface area contributed by atoms with Crippen LogP contribution in [0.3, 0.4) is 0 Å². The van der Waals surface area contributed by atoms with Crippen LogP contribution in [0.15, 0.2) is 24.3 Å². The summed E-state index contributed by atoms with van der Waals surface area (Å²) in [4.78, 5) is 0. The molecule has 0 radical (unpaired) electrons. The van der Waals surface area contributed by atoms with Crippen LogP contribution in [0.5, 0.6) is 5.75 Å². The zero-order chi connectivity index (χ0) is 14.6. The second-order valence-electron chi connectivity index (χ2n) is 5.16. The Bertz CT molecular complexity index is 425. The highest BCUT2D eigenvalue weighted by molar-refractivity contribution is 5.56. The molecule has 20 heavy (non-hydrogen) atoms. The lowest BCUT2D eigenvalue weighted by atomic mass is 9.85. The molecule has 1 aliphatic rings. The summed E-state index contributed by atoms with van der Waals surface area (Å²) < 4.78 is 43.4. The van der Waals surface area contributed by atoms with Crippen LogP contribution in [-0.2, 0) is 0 Å². The summed E-state index contributed by atoms with van der Waals surface area (Å²) in [5.74, 6) is -0.379. The lowest BCUT2D eigenvalue weighted by Crippen LogP contribution is -2.32. The highest BCUT2D eigenvalue weighted by Crippen LogP contribution is 2.38. The topological polar surface area (TPSA) is 21.3 Å². The van der Waals surface area contributed by atoms with Crippen LogP contribution in [0.25, 0.3) is 0 Å². The van der Waals surface area contributed by atoms with Gasteiger partial charge in [-0.3, -0.25) is 0 Å². The number of anilines is 1. The number of hydrogen-bond acceptors (Lipinski definition) is 2. The molecular formula is C15H20F3NO. The Hall–Kier alpha value is -1.39. The second kappa shape index (κ2) is 6.37. The van der Waals surface area contributed by atoms with Gasteiger partial charge in [-0.1, -0.05) is 12.1 Å². The molecule has 2 nitrogen and oxygen atoms in total. The number of alkyl halides is 3. The maximum atomic E-state index is 12.6. The Kier molecular flexibility index (Phi) is 4.78. The van der Waals surface area contributed by atoms with Gasteiger partial charge < -0.3 is 10.1 Å². The predicted molar refractivity (Wildman–Crippen MR) is 73.0 cm³/mol. The molecule has 0 atom stereocenters. The molecule has 112 valence electrons. The molecule has 1 aromatic rings. The number of ether oxygens (including phenoxy) is 1. The monoisotopic (exact) mass is 287 g/mol. The fraction of sp³-hybridized carbons (Fsp3) is 0.600. The van der Waals surface area contributed by atoms with Crippen LogP contribution in [0.2, 0.25) is 0 Å². The zero-order valence-electron chi connectivity index (χ0n) is 11.5. The van der Waals surface area contributed by atoms with Crippen molar-refractivity contribution in [1.82, 2.24) is 0 Å². The number of hydrogen-bond donors (Lipinski definition) is 1. The van der Waals surface area contributed by atoms with Gasteiger partial charge in [-0.25, -0.2) is 0 Å². The van der Waals surface area contributed by atoms with Gasteiger partial charge >= 0.3 is 6.18 Å². The van der Waals surface area contributed by atoms with Crippen molar-refractivity contribution < 1.29 is 17.9 Å². The SMILES string of the molecule is CCOc1ccccc1NC1CCC(C(F)(F)F)CC1. The Morgan fingerprint density at radius 3 is 2.40 bits per heavy atom. The summed E-state index contributed by atoms with van der Waals surface area (Å²) in [5, 5.41) is 3.31. The molecule has 0 spiro atoms. The normalized spacial score (nSPS) is 23.4. The molecular weight excluding hydrogens is 267 g/mol. The molecule has 0 bridgehead atoms. The molecule has 1 saturated carbocycles. The molecule has 0 saturated heterocycles. The van der Waals surface area contributed by atoms with Gasteiger partial charge in [-0.05, 0) is 44.7 Å². The lowest BCUT2D eigenvalue weighted by molar-refractivity contribution is -0.182. The third-order valence-electron chi connectivity index (χ3n) is 3.74. The number of para-hydroxylation sites is 2. The van der Waals surface area contributed by atoms with Crippen molar-refractivity contribution in [3.05, 3.63) is 24.3 Å². The Labute approximate surface area is 117 Å². The smallest absolute Gasteiger partial charge is 0.391 e. The maximum Gasteiger partial charge on any atom is 0.391 e. The van der Waals surface area contributed by atoms with Crippen LogP contribution in [0.1, 0.15) is 32.6 Å². The first-order valence-corrected chi connectivity index (χ1v) is 7.05. The number of benzene rings is 1. The van der Waals surface area contributed by atoms with Crippen LogP contribution < -0.4 is 10.1 Å². The van der Waals surface area contributed by atoms with Gasteiger partial charge in [-0.2, -0.15) is 13.2 Å². The summed E-state index contributed by atoms with van der Waals surface area (Å²) in [5.41, 5.74) is 0.866. The summed E-state index contributed by atoms with van der Waals surface area (Å²) in [6, 6.07) is 7.65. The third kappa shape index (κ3) is 3.81. The minimum absolute atomic E-state index is 0.0928. The first-order chi connectivity index (χ1) is 9.50. The Morgan fingerprint density at radius 2 is 1.80 bits per heavy atom. The minimum atomic E-state index is -4.05. The first kappa shape index (κ1) is 15.0. The number of halogens is 3. The molecule has 5 heteroatoms. The lowest BCUT2D eigenvalue weighted by Gasteiger charge is -2.31. The largest absolute Gasteiger partial charge is 0.492 e. The molecule has 0 unspecified atom stereocenters. The van der Waals surface area contributed by atoms with Crippen molar-refractivity contribution in [3.8, 4) is 5.75 Å². The Morgan fingerprint density at radius 1 is 1.15 bits per heavy atom. The zero-order valence-corrected chi connectivity index (χ0v) is 11.5. The van der Waals surface area contributed by atoms with Crippen LogP contribution in [0, 0.1) is 5.92 Å². The van der Waals surface area contributed by atoms with E-state index in [1.54, 1.807) is 0 Å². The summed E-state index contributed by atoms with van der Waals surface area (Å²) >= 11 is 0. The first-order valence-electron chi connectivity index (χ1n) is 7.05. The van der Waals surface area contributed by atoms with Crippen molar-refractivity contribution in [2.75, 3.05) is 11.9 Å². The Balaban J connectivity index is 1.93. The van der Waals surface area contributed by atoms with E-state index in [0.717, 1.165) is 11.4 Å². The fourth-order valence-corrected chi connectivity index (χ4v) is 2.65. The second-order valence-corrected chi connectivity index (χ2v) is 5.16. The van der Waals surface area contributed by atoms with Gasteiger partial charge in [0.2, 0.25) is 0 Å². The maximum absolute atomic E-state index is 12.6. The van der Waals surface area contributed by atoms with Crippen molar-refractivity contribution in [2.24, 2.45) is 5.92 Å². The summed E-state index contributed by atoms with van der Waals surface area (Å²) in [6.45, 7) is 2.48. The van der Waals surface area contributed by atoms with E-state index in [9.17, 15) is 13.2 Å². The van der Waals surface area contributed by atoms with Gasteiger partial charge in [0.15, 0.2) is 0 Å². The van der Waals surface area contributed by atoms with Crippen molar-refractivity contribution in [1.29, 1.82) is 0 Å². The molecule has 0 heterocycles. The van der Waals surface area contributed by atoms with E-state index in [1.807, 2.05) is 31.2 Å². The van der Waals surface area contributed by atoms with Gasteiger partial charge in [-0.15, -0.1) is 0 Å². The van der Waals surface area contributed by atoms with E-state index in [4.69, 9.17) is 4.74 Å². The van der Waals surface area contributed by atoms with Crippen LogP contribution in [0.4, 0.5) is 18.9 Å². The average Bonchev–Trinajstić information content (AvgIpc) is 2.41. The van der Waals surface area contributed by atoms with E-state index in [2.05, 4.69) is 5.32 Å². The third-order valence-corrected chi connectivity index (χ3v) is 3.74. The predicted octanol–water partition coefficient (Wildman–Crippen LogP) is 4.62. The van der Waals surface area contributed by atoms with Gasteiger partial charge in [0, 0.05) is 6.04 Å². The van der Waals surface area contributed by atoms with Crippen molar-refractivity contribution in [3.63, 3.8) is 0 Å². The van der Waals surface area contributed by atoms with Gasteiger partial charge in [0.25, 0.3) is 0 Å². The fourth-order valence-electron chi connectivity index (χ4n) is 2.65. The van der Waals surface area contributed by atoms with Gasteiger partial charge in [0.05, 0.1) is 18.2 Å². The number of rotatable bonds is 4.